The Morgan fingerprint density at radius 2 is 1.96 bits per heavy atom. The Kier molecular flexibility index (Phi) is 4.28. The van der Waals surface area contributed by atoms with E-state index in [1.165, 1.54) is 0 Å². The molecule has 0 N–H and O–H groups in total. The third-order valence-electron chi connectivity index (χ3n) is 3.97. The summed E-state index contributed by atoms with van der Waals surface area (Å²) in [4.78, 5) is 27.5. The van der Waals surface area contributed by atoms with E-state index in [0.29, 0.717) is 11.1 Å². The maximum Gasteiger partial charge on any atom is 0.256 e. The lowest BCUT2D eigenvalue weighted by atomic mass is 10.0. The van der Waals surface area contributed by atoms with Crippen molar-refractivity contribution < 1.29 is 4.79 Å². The number of para-hydroxylation sites is 1. The second kappa shape index (κ2) is 6.52. The van der Waals surface area contributed by atoms with E-state index in [9.17, 15) is 4.79 Å². The Morgan fingerprint density at radius 3 is 2.70 bits per heavy atom. The number of nitrogens with zero attached hydrogens (tertiary/aromatic N) is 4. The van der Waals surface area contributed by atoms with E-state index in [0.717, 1.165) is 17.5 Å². The lowest BCUT2D eigenvalue weighted by molar-refractivity contribution is 0.0727. The minimum Gasteiger partial charge on any atom is -0.335 e. The highest BCUT2D eigenvalue weighted by Crippen LogP contribution is 2.25. The molecule has 1 aromatic carbocycles. The standard InChI is InChI=1S/C18H18N4O/c1-3-16(13-6-5-9-19-12-13)22(2)18(23)14-7-4-8-15-17(14)21-11-10-20-15/h4-12,16H,3H2,1-2H3/t16-/m1/s1. The van der Waals surface area contributed by atoms with Crippen molar-refractivity contribution in [1.29, 1.82) is 0 Å². The number of hydrogen-bond acceptors (Lipinski definition) is 4. The number of hydrogen-bond donors (Lipinski definition) is 0. The third-order valence-corrected chi connectivity index (χ3v) is 3.97. The van der Waals surface area contributed by atoms with Crippen molar-refractivity contribution in [3.05, 3.63) is 66.2 Å². The van der Waals surface area contributed by atoms with Crippen LogP contribution < -0.4 is 0 Å². The molecule has 0 saturated carbocycles. The predicted octanol–water partition coefficient (Wildman–Crippen LogP) is 3.25. The Hall–Kier alpha value is -2.82. The molecule has 0 fully saturated rings. The normalized spacial score (nSPS) is 12.1. The summed E-state index contributed by atoms with van der Waals surface area (Å²) >= 11 is 0. The lowest BCUT2D eigenvalue weighted by Gasteiger charge is -2.27. The number of rotatable bonds is 4. The van der Waals surface area contributed by atoms with E-state index in [1.54, 1.807) is 35.8 Å². The van der Waals surface area contributed by atoms with E-state index < -0.39 is 0 Å². The summed E-state index contributed by atoms with van der Waals surface area (Å²) in [6.45, 7) is 2.06. The summed E-state index contributed by atoms with van der Waals surface area (Å²) in [6, 6.07) is 9.35. The Labute approximate surface area is 135 Å². The molecule has 23 heavy (non-hydrogen) atoms. The highest BCUT2D eigenvalue weighted by molar-refractivity contribution is 6.04. The van der Waals surface area contributed by atoms with Crippen molar-refractivity contribution in [2.45, 2.75) is 19.4 Å². The molecule has 5 nitrogen and oxygen atoms in total. The van der Waals surface area contributed by atoms with Crippen LogP contribution in [0.25, 0.3) is 11.0 Å². The number of carbonyl (C=O) groups excluding carboxylic acids is 1. The number of amides is 1. The highest BCUT2D eigenvalue weighted by atomic mass is 16.2. The van der Waals surface area contributed by atoms with E-state index in [2.05, 4.69) is 21.9 Å². The summed E-state index contributed by atoms with van der Waals surface area (Å²) in [5, 5.41) is 0. The maximum absolute atomic E-state index is 13.0. The molecule has 0 spiro atoms. The minimum absolute atomic E-state index is 0.0249. The summed E-state index contributed by atoms with van der Waals surface area (Å²) in [5.74, 6) is -0.0631. The number of pyridine rings is 1. The van der Waals surface area contributed by atoms with Crippen LogP contribution in [-0.2, 0) is 0 Å². The van der Waals surface area contributed by atoms with Crippen molar-refractivity contribution in [3.8, 4) is 0 Å². The fourth-order valence-corrected chi connectivity index (χ4v) is 2.80. The second-order valence-electron chi connectivity index (χ2n) is 5.36. The van der Waals surface area contributed by atoms with Gasteiger partial charge in [0, 0.05) is 31.8 Å². The molecular weight excluding hydrogens is 288 g/mol. The first kappa shape index (κ1) is 15.1. The van der Waals surface area contributed by atoms with Crippen LogP contribution in [-0.4, -0.2) is 32.8 Å². The van der Waals surface area contributed by atoms with Gasteiger partial charge in [-0.3, -0.25) is 19.7 Å². The van der Waals surface area contributed by atoms with Gasteiger partial charge in [0.2, 0.25) is 0 Å². The molecule has 0 aliphatic rings. The molecule has 116 valence electrons. The zero-order chi connectivity index (χ0) is 16.2. The number of benzene rings is 1. The molecule has 0 aliphatic carbocycles. The molecule has 1 atom stereocenters. The van der Waals surface area contributed by atoms with Crippen LogP contribution in [0, 0.1) is 0 Å². The van der Waals surface area contributed by atoms with Gasteiger partial charge in [0.05, 0.1) is 17.1 Å². The smallest absolute Gasteiger partial charge is 0.256 e. The molecule has 0 bridgehead atoms. The van der Waals surface area contributed by atoms with Crippen LogP contribution in [0.3, 0.4) is 0 Å². The predicted molar refractivity (Wildman–Crippen MR) is 88.9 cm³/mol. The Morgan fingerprint density at radius 1 is 1.13 bits per heavy atom. The molecule has 0 aliphatic heterocycles. The van der Waals surface area contributed by atoms with Gasteiger partial charge < -0.3 is 4.90 Å². The zero-order valence-electron chi connectivity index (χ0n) is 13.2. The third kappa shape index (κ3) is 2.90. The fraction of sp³-hybridized carbons (Fsp3) is 0.222. The van der Waals surface area contributed by atoms with Gasteiger partial charge in [-0.05, 0) is 30.2 Å². The van der Waals surface area contributed by atoms with Gasteiger partial charge in [-0.2, -0.15) is 0 Å². The zero-order valence-corrected chi connectivity index (χ0v) is 13.2. The van der Waals surface area contributed by atoms with E-state index in [1.807, 2.05) is 31.3 Å². The van der Waals surface area contributed by atoms with E-state index in [4.69, 9.17) is 0 Å². The largest absolute Gasteiger partial charge is 0.335 e. The monoisotopic (exact) mass is 306 g/mol. The average Bonchev–Trinajstić information content (AvgIpc) is 2.62. The van der Waals surface area contributed by atoms with Crippen LogP contribution in [0.5, 0.6) is 0 Å². The number of aromatic nitrogens is 3. The molecule has 0 radical (unpaired) electrons. The molecule has 0 saturated heterocycles. The number of fused-ring (bicyclic) bond motifs is 1. The first-order chi connectivity index (χ1) is 11.2. The molecular formula is C18H18N4O. The van der Waals surface area contributed by atoms with Crippen molar-refractivity contribution >= 4 is 16.9 Å². The summed E-state index contributed by atoms with van der Waals surface area (Å²) in [7, 11) is 1.82. The van der Waals surface area contributed by atoms with Crippen molar-refractivity contribution in [3.63, 3.8) is 0 Å². The van der Waals surface area contributed by atoms with Crippen LogP contribution >= 0.6 is 0 Å². The summed E-state index contributed by atoms with van der Waals surface area (Å²) < 4.78 is 0. The quantitative estimate of drug-likeness (QED) is 0.742. The minimum atomic E-state index is -0.0631. The summed E-state index contributed by atoms with van der Waals surface area (Å²) in [5.41, 5.74) is 2.95. The van der Waals surface area contributed by atoms with Gasteiger partial charge in [-0.15, -0.1) is 0 Å². The van der Waals surface area contributed by atoms with Gasteiger partial charge in [0.15, 0.2) is 0 Å². The van der Waals surface area contributed by atoms with Crippen molar-refractivity contribution in [1.82, 2.24) is 19.9 Å². The van der Waals surface area contributed by atoms with Crippen LogP contribution in [0.1, 0.15) is 35.3 Å². The fourth-order valence-electron chi connectivity index (χ4n) is 2.80. The Balaban J connectivity index is 1.98. The van der Waals surface area contributed by atoms with Gasteiger partial charge in [0.1, 0.15) is 5.52 Å². The SMILES string of the molecule is CC[C@H](c1cccnc1)N(C)C(=O)c1cccc2nccnc12. The molecule has 5 heteroatoms. The summed E-state index contributed by atoms with van der Waals surface area (Å²) in [6.07, 6.45) is 7.59. The first-order valence-electron chi connectivity index (χ1n) is 7.59. The molecule has 2 aromatic heterocycles. The Bertz CT molecular complexity index is 814. The van der Waals surface area contributed by atoms with Crippen LogP contribution in [0.2, 0.25) is 0 Å². The van der Waals surface area contributed by atoms with Gasteiger partial charge in [0.25, 0.3) is 5.91 Å². The topological polar surface area (TPSA) is 59.0 Å². The second-order valence-corrected chi connectivity index (χ2v) is 5.36. The molecule has 3 rings (SSSR count). The van der Waals surface area contributed by atoms with Gasteiger partial charge in [-0.25, -0.2) is 0 Å². The molecule has 0 unspecified atom stereocenters. The molecule has 2 heterocycles. The molecule has 1 amide bonds. The van der Waals surface area contributed by atoms with Crippen LogP contribution in [0.4, 0.5) is 0 Å². The van der Waals surface area contributed by atoms with E-state index >= 15 is 0 Å². The van der Waals surface area contributed by atoms with E-state index in [-0.39, 0.29) is 11.9 Å². The van der Waals surface area contributed by atoms with Gasteiger partial charge >= 0.3 is 0 Å². The first-order valence-corrected chi connectivity index (χ1v) is 7.59. The molecule has 3 aromatic rings. The maximum atomic E-state index is 13.0. The van der Waals surface area contributed by atoms with Crippen molar-refractivity contribution in [2.75, 3.05) is 7.05 Å². The highest BCUT2D eigenvalue weighted by Gasteiger charge is 2.23. The van der Waals surface area contributed by atoms with Crippen LogP contribution in [0.15, 0.2) is 55.1 Å². The number of carbonyl (C=O) groups is 1. The van der Waals surface area contributed by atoms with Gasteiger partial charge in [-0.1, -0.05) is 19.1 Å². The average molecular weight is 306 g/mol. The van der Waals surface area contributed by atoms with Crippen molar-refractivity contribution in [2.24, 2.45) is 0 Å². The lowest BCUT2D eigenvalue weighted by Crippen LogP contribution is -2.31.